The molecule has 0 unspecified atom stereocenters. The first-order chi connectivity index (χ1) is 13.6. The minimum absolute atomic E-state index is 0.143. The van der Waals surface area contributed by atoms with Crippen molar-refractivity contribution in [1.29, 1.82) is 0 Å². The SMILES string of the molecule is Cc1cc2c(c(C(=O)NC[C@@H]3CCN(C(=O)OC(C)(C)C)C[C@H]3O)c1)OCCO2. The number of nitrogens with zero attached hydrogens (tertiary/aromatic N) is 1. The van der Waals surface area contributed by atoms with Crippen molar-refractivity contribution < 1.29 is 28.9 Å². The number of piperidine rings is 1. The van der Waals surface area contributed by atoms with Crippen molar-refractivity contribution in [2.75, 3.05) is 32.8 Å². The maximum Gasteiger partial charge on any atom is 0.410 e. The summed E-state index contributed by atoms with van der Waals surface area (Å²) in [5.41, 5.74) is 0.761. The van der Waals surface area contributed by atoms with E-state index in [2.05, 4.69) is 5.32 Å². The number of ether oxygens (including phenoxy) is 3. The number of rotatable bonds is 3. The topological polar surface area (TPSA) is 97.3 Å². The van der Waals surface area contributed by atoms with Gasteiger partial charge in [0.1, 0.15) is 18.8 Å². The van der Waals surface area contributed by atoms with Crippen molar-refractivity contribution >= 4 is 12.0 Å². The highest BCUT2D eigenvalue weighted by atomic mass is 16.6. The number of aryl methyl sites for hydroxylation is 1. The highest BCUT2D eigenvalue weighted by molar-refractivity contribution is 5.98. The molecule has 1 aromatic carbocycles. The first-order valence-corrected chi connectivity index (χ1v) is 9.98. The molecule has 2 aliphatic rings. The average molecular weight is 406 g/mol. The molecule has 0 spiro atoms. The first kappa shape index (κ1) is 21.2. The lowest BCUT2D eigenvalue weighted by Crippen LogP contribution is -2.50. The molecule has 2 aliphatic heterocycles. The third kappa shape index (κ3) is 5.32. The summed E-state index contributed by atoms with van der Waals surface area (Å²) in [7, 11) is 0. The summed E-state index contributed by atoms with van der Waals surface area (Å²) in [5.74, 6) is 0.624. The molecule has 29 heavy (non-hydrogen) atoms. The molecule has 2 N–H and O–H groups in total. The van der Waals surface area contributed by atoms with E-state index in [-0.39, 0.29) is 18.4 Å². The number of amides is 2. The number of nitrogens with one attached hydrogen (secondary N) is 1. The smallest absolute Gasteiger partial charge is 0.410 e. The molecule has 1 saturated heterocycles. The summed E-state index contributed by atoms with van der Waals surface area (Å²) in [6, 6.07) is 3.62. The Hall–Kier alpha value is -2.48. The van der Waals surface area contributed by atoms with Crippen molar-refractivity contribution in [2.24, 2.45) is 5.92 Å². The van der Waals surface area contributed by atoms with Gasteiger partial charge in [0.05, 0.1) is 18.2 Å². The lowest BCUT2D eigenvalue weighted by atomic mass is 9.94. The predicted molar refractivity (Wildman–Crippen MR) is 106 cm³/mol. The van der Waals surface area contributed by atoms with Crippen LogP contribution in [0.4, 0.5) is 4.79 Å². The van der Waals surface area contributed by atoms with Crippen molar-refractivity contribution in [3.8, 4) is 11.5 Å². The molecule has 0 bridgehead atoms. The van der Waals surface area contributed by atoms with Crippen LogP contribution in [0.3, 0.4) is 0 Å². The number of hydrogen-bond acceptors (Lipinski definition) is 6. The Morgan fingerprint density at radius 1 is 1.28 bits per heavy atom. The van der Waals surface area contributed by atoms with E-state index in [1.165, 1.54) is 4.90 Å². The van der Waals surface area contributed by atoms with Crippen LogP contribution < -0.4 is 14.8 Å². The van der Waals surface area contributed by atoms with Gasteiger partial charge in [-0.05, 0) is 51.8 Å². The van der Waals surface area contributed by atoms with E-state index in [0.29, 0.717) is 49.8 Å². The summed E-state index contributed by atoms with van der Waals surface area (Å²) >= 11 is 0. The highest BCUT2D eigenvalue weighted by Crippen LogP contribution is 2.35. The monoisotopic (exact) mass is 406 g/mol. The maximum atomic E-state index is 12.7. The number of fused-ring (bicyclic) bond motifs is 1. The number of hydrogen-bond donors (Lipinski definition) is 2. The largest absolute Gasteiger partial charge is 0.486 e. The van der Waals surface area contributed by atoms with Crippen LogP contribution in [0.1, 0.15) is 43.1 Å². The van der Waals surface area contributed by atoms with E-state index in [0.717, 1.165) is 5.56 Å². The molecular weight excluding hydrogens is 376 g/mol. The van der Waals surface area contributed by atoms with Gasteiger partial charge in [-0.2, -0.15) is 0 Å². The third-order valence-corrected chi connectivity index (χ3v) is 4.93. The molecular formula is C21H30N2O6. The van der Waals surface area contributed by atoms with E-state index in [1.807, 2.05) is 33.8 Å². The average Bonchev–Trinajstić information content (AvgIpc) is 2.64. The minimum Gasteiger partial charge on any atom is -0.486 e. The van der Waals surface area contributed by atoms with Crippen molar-refractivity contribution in [1.82, 2.24) is 10.2 Å². The second-order valence-electron chi connectivity index (χ2n) is 8.59. The molecule has 2 amide bonds. The normalized spacial score (nSPS) is 21.5. The molecule has 8 heteroatoms. The molecule has 1 aromatic rings. The van der Waals surface area contributed by atoms with Crippen LogP contribution in [0, 0.1) is 12.8 Å². The molecule has 2 heterocycles. The zero-order valence-corrected chi connectivity index (χ0v) is 17.5. The Morgan fingerprint density at radius 2 is 2.00 bits per heavy atom. The van der Waals surface area contributed by atoms with Gasteiger partial charge >= 0.3 is 6.09 Å². The lowest BCUT2D eigenvalue weighted by molar-refractivity contribution is -0.0122. The van der Waals surface area contributed by atoms with Gasteiger partial charge in [-0.3, -0.25) is 4.79 Å². The van der Waals surface area contributed by atoms with Crippen LogP contribution in [0.2, 0.25) is 0 Å². The summed E-state index contributed by atoms with van der Waals surface area (Å²) in [6.45, 7) is 9.15. The number of benzene rings is 1. The Bertz CT molecular complexity index is 773. The van der Waals surface area contributed by atoms with Gasteiger partial charge in [0, 0.05) is 19.0 Å². The number of aliphatic hydroxyl groups excluding tert-OH is 1. The van der Waals surface area contributed by atoms with Gasteiger partial charge in [0.2, 0.25) is 0 Å². The first-order valence-electron chi connectivity index (χ1n) is 9.98. The van der Waals surface area contributed by atoms with E-state index in [1.54, 1.807) is 6.07 Å². The van der Waals surface area contributed by atoms with Crippen LogP contribution >= 0.6 is 0 Å². The van der Waals surface area contributed by atoms with Gasteiger partial charge in [-0.1, -0.05) is 0 Å². The van der Waals surface area contributed by atoms with Gasteiger partial charge in [-0.25, -0.2) is 4.79 Å². The Balaban J connectivity index is 1.57. The fraction of sp³-hybridized carbons (Fsp3) is 0.619. The van der Waals surface area contributed by atoms with Crippen LogP contribution in [0.25, 0.3) is 0 Å². The van der Waals surface area contributed by atoms with E-state index >= 15 is 0 Å². The van der Waals surface area contributed by atoms with Crippen LogP contribution in [0.5, 0.6) is 11.5 Å². The van der Waals surface area contributed by atoms with Crippen molar-refractivity contribution in [2.45, 2.75) is 45.8 Å². The van der Waals surface area contributed by atoms with Gasteiger partial charge in [0.25, 0.3) is 5.91 Å². The molecule has 2 atom stereocenters. The maximum absolute atomic E-state index is 12.7. The van der Waals surface area contributed by atoms with Crippen LogP contribution in [-0.2, 0) is 4.74 Å². The van der Waals surface area contributed by atoms with Gasteiger partial charge in [-0.15, -0.1) is 0 Å². The summed E-state index contributed by atoms with van der Waals surface area (Å²) in [5, 5.41) is 13.4. The van der Waals surface area contributed by atoms with Gasteiger partial charge < -0.3 is 29.5 Å². The Morgan fingerprint density at radius 3 is 2.69 bits per heavy atom. The van der Waals surface area contributed by atoms with E-state index in [4.69, 9.17) is 14.2 Å². The predicted octanol–water partition coefficient (Wildman–Crippen LogP) is 2.11. The summed E-state index contributed by atoms with van der Waals surface area (Å²) < 4.78 is 16.6. The van der Waals surface area contributed by atoms with Crippen molar-refractivity contribution in [3.63, 3.8) is 0 Å². The van der Waals surface area contributed by atoms with Crippen LogP contribution in [0.15, 0.2) is 12.1 Å². The van der Waals surface area contributed by atoms with Crippen molar-refractivity contribution in [3.05, 3.63) is 23.3 Å². The second-order valence-corrected chi connectivity index (χ2v) is 8.59. The zero-order valence-electron chi connectivity index (χ0n) is 17.5. The Labute approximate surface area is 171 Å². The van der Waals surface area contributed by atoms with E-state index < -0.39 is 17.8 Å². The molecule has 0 radical (unpaired) electrons. The summed E-state index contributed by atoms with van der Waals surface area (Å²) in [4.78, 5) is 26.4. The standard InChI is InChI=1S/C21H30N2O6/c1-13-9-15(18-17(10-13)27-7-8-28-18)19(25)22-11-14-5-6-23(12-16(14)24)20(26)29-21(2,3)4/h9-10,14,16,24H,5-8,11-12H2,1-4H3,(H,22,25)/t14-,16+/m0/s1. The molecule has 8 nitrogen and oxygen atoms in total. The highest BCUT2D eigenvalue weighted by Gasteiger charge is 2.33. The number of carbonyl (C=O) groups is 2. The fourth-order valence-electron chi connectivity index (χ4n) is 3.49. The number of β-amino-alcohol motifs (C(OH)–C–C–N with tert-alkyl or cyclic N) is 1. The lowest BCUT2D eigenvalue weighted by Gasteiger charge is -2.36. The number of likely N-dealkylation sites (tertiary alicyclic amines) is 1. The molecule has 3 rings (SSSR count). The Kier molecular flexibility index (Phi) is 6.21. The van der Waals surface area contributed by atoms with Crippen LogP contribution in [-0.4, -0.2) is 66.6 Å². The fourth-order valence-corrected chi connectivity index (χ4v) is 3.49. The zero-order chi connectivity index (χ0) is 21.2. The molecule has 1 fully saturated rings. The van der Waals surface area contributed by atoms with E-state index in [9.17, 15) is 14.7 Å². The molecule has 0 saturated carbocycles. The quantitative estimate of drug-likeness (QED) is 0.798. The minimum atomic E-state index is -0.734. The summed E-state index contributed by atoms with van der Waals surface area (Å²) in [6.07, 6.45) is -0.586. The molecule has 0 aliphatic carbocycles. The molecule has 0 aromatic heterocycles. The van der Waals surface area contributed by atoms with Gasteiger partial charge in [0.15, 0.2) is 11.5 Å². The second kappa shape index (κ2) is 8.49. The third-order valence-electron chi connectivity index (χ3n) is 4.93. The number of carbonyl (C=O) groups excluding carboxylic acids is 2. The molecule has 160 valence electrons. The number of aliphatic hydroxyl groups is 1.